The second-order valence-electron chi connectivity index (χ2n) is 4.23. The van der Waals surface area contributed by atoms with Gasteiger partial charge in [0.1, 0.15) is 0 Å². The van der Waals surface area contributed by atoms with E-state index in [1.54, 1.807) is 30.3 Å². The first-order chi connectivity index (χ1) is 10.5. The molecular weight excluding hydrogens is 310 g/mol. The van der Waals surface area contributed by atoms with Crippen molar-refractivity contribution < 1.29 is 18.4 Å². The minimum absolute atomic E-state index is 0.0900. The van der Waals surface area contributed by atoms with E-state index in [2.05, 4.69) is 10.6 Å². The molecule has 0 aliphatic carbocycles. The number of halogens is 2. The number of nitrogens with one attached hydrogen (secondary N) is 2. The van der Waals surface area contributed by atoms with Crippen LogP contribution in [0.4, 0.5) is 19.3 Å². The number of anilines is 1. The van der Waals surface area contributed by atoms with Crippen molar-refractivity contribution in [2.24, 2.45) is 0 Å². The van der Waals surface area contributed by atoms with Gasteiger partial charge in [0.25, 0.3) is 0 Å². The number of urea groups is 1. The Balaban J connectivity index is 1.80. The average Bonchev–Trinajstić information content (AvgIpc) is 2.49. The Hall–Kier alpha value is -2.41. The molecule has 2 aromatic rings. The van der Waals surface area contributed by atoms with Gasteiger partial charge in [-0.2, -0.15) is 0 Å². The standard InChI is InChI=1S/C15H12F2N2O2S/c16-12-7-6-11(8-13(12)17)22-9-14(20)19-15(21)18-10-4-2-1-3-5-10/h1-8H,9H2,(H2,18,19,20,21). The molecule has 114 valence electrons. The highest BCUT2D eigenvalue weighted by Crippen LogP contribution is 2.20. The molecule has 4 nitrogen and oxygen atoms in total. The van der Waals surface area contributed by atoms with Crippen LogP contribution in [0.25, 0.3) is 0 Å². The van der Waals surface area contributed by atoms with E-state index in [0.29, 0.717) is 10.6 Å². The number of para-hydroxylation sites is 1. The van der Waals surface area contributed by atoms with Gasteiger partial charge in [0.15, 0.2) is 11.6 Å². The maximum absolute atomic E-state index is 13.0. The lowest BCUT2D eigenvalue weighted by Crippen LogP contribution is -2.35. The fourth-order valence-corrected chi connectivity index (χ4v) is 2.28. The van der Waals surface area contributed by atoms with Crippen molar-refractivity contribution in [3.63, 3.8) is 0 Å². The van der Waals surface area contributed by atoms with E-state index < -0.39 is 23.6 Å². The Labute approximate surface area is 129 Å². The van der Waals surface area contributed by atoms with Crippen LogP contribution in [0.1, 0.15) is 0 Å². The minimum Gasteiger partial charge on any atom is -0.308 e. The molecule has 0 unspecified atom stereocenters. The van der Waals surface area contributed by atoms with E-state index in [-0.39, 0.29) is 5.75 Å². The molecule has 0 spiro atoms. The summed E-state index contributed by atoms with van der Waals surface area (Å²) >= 11 is 1.00. The summed E-state index contributed by atoms with van der Waals surface area (Å²) < 4.78 is 25.8. The minimum atomic E-state index is -0.979. The number of amides is 3. The third-order valence-electron chi connectivity index (χ3n) is 2.55. The van der Waals surface area contributed by atoms with E-state index in [0.717, 1.165) is 23.9 Å². The topological polar surface area (TPSA) is 58.2 Å². The molecule has 0 bridgehead atoms. The maximum atomic E-state index is 13.0. The normalized spacial score (nSPS) is 10.1. The van der Waals surface area contributed by atoms with Gasteiger partial charge in [0.2, 0.25) is 5.91 Å². The molecule has 2 N–H and O–H groups in total. The van der Waals surface area contributed by atoms with Crippen LogP contribution in [0.5, 0.6) is 0 Å². The predicted octanol–water partition coefficient (Wildman–Crippen LogP) is 3.41. The van der Waals surface area contributed by atoms with Crippen LogP contribution in [-0.2, 0) is 4.79 Å². The largest absolute Gasteiger partial charge is 0.325 e. The molecule has 2 rings (SSSR count). The van der Waals surface area contributed by atoms with Gasteiger partial charge in [-0.25, -0.2) is 13.6 Å². The summed E-state index contributed by atoms with van der Waals surface area (Å²) in [6, 6.07) is 11.3. The van der Waals surface area contributed by atoms with Crippen LogP contribution in [0.15, 0.2) is 53.4 Å². The summed E-state index contributed by atoms with van der Waals surface area (Å²) in [5.41, 5.74) is 0.557. The summed E-state index contributed by atoms with van der Waals surface area (Å²) in [6.07, 6.45) is 0. The second-order valence-corrected chi connectivity index (χ2v) is 5.28. The van der Waals surface area contributed by atoms with Crippen molar-refractivity contribution >= 4 is 29.4 Å². The highest BCUT2D eigenvalue weighted by molar-refractivity contribution is 8.00. The van der Waals surface area contributed by atoms with Gasteiger partial charge in [-0.05, 0) is 30.3 Å². The molecule has 22 heavy (non-hydrogen) atoms. The third kappa shape index (κ3) is 4.85. The van der Waals surface area contributed by atoms with Crippen molar-refractivity contribution in [1.82, 2.24) is 5.32 Å². The summed E-state index contributed by atoms with van der Waals surface area (Å²) in [4.78, 5) is 23.6. The Morgan fingerprint density at radius 1 is 1.00 bits per heavy atom. The molecule has 0 fully saturated rings. The van der Waals surface area contributed by atoms with Crippen LogP contribution in [0.2, 0.25) is 0 Å². The van der Waals surface area contributed by atoms with Gasteiger partial charge in [0, 0.05) is 10.6 Å². The Bertz CT molecular complexity index is 680. The molecule has 0 aromatic heterocycles. The Morgan fingerprint density at radius 2 is 1.73 bits per heavy atom. The van der Waals surface area contributed by atoms with Crippen molar-refractivity contribution in [1.29, 1.82) is 0 Å². The molecule has 0 atom stereocenters. The summed E-state index contributed by atoms with van der Waals surface area (Å²) in [7, 11) is 0. The first-order valence-corrected chi connectivity index (χ1v) is 7.27. The van der Waals surface area contributed by atoms with Crippen molar-refractivity contribution in [3.05, 3.63) is 60.2 Å². The maximum Gasteiger partial charge on any atom is 0.325 e. The number of hydrogen-bond donors (Lipinski definition) is 2. The van der Waals surface area contributed by atoms with Crippen LogP contribution < -0.4 is 10.6 Å². The van der Waals surface area contributed by atoms with E-state index in [4.69, 9.17) is 0 Å². The molecule has 0 saturated heterocycles. The van der Waals surface area contributed by atoms with Crippen molar-refractivity contribution in [2.45, 2.75) is 4.90 Å². The molecular formula is C15H12F2N2O2S. The Morgan fingerprint density at radius 3 is 2.41 bits per heavy atom. The van der Waals surface area contributed by atoms with E-state index in [9.17, 15) is 18.4 Å². The predicted molar refractivity (Wildman–Crippen MR) is 80.7 cm³/mol. The number of benzene rings is 2. The van der Waals surface area contributed by atoms with Crippen LogP contribution in [0.3, 0.4) is 0 Å². The van der Waals surface area contributed by atoms with E-state index in [1.807, 2.05) is 0 Å². The zero-order valence-electron chi connectivity index (χ0n) is 11.3. The smallest absolute Gasteiger partial charge is 0.308 e. The lowest BCUT2D eigenvalue weighted by atomic mass is 10.3. The molecule has 0 aliphatic rings. The first kappa shape index (κ1) is 16.0. The zero-order chi connectivity index (χ0) is 15.9. The SMILES string of the molecule is O=C(CSc1ccc(F)c(F)c1)NC(=O)Nc1ccccc1. The molecule has 7 heteroatoms. The summed E-state index contributed by atoms with van der Waals surface area (Å²) in [5.74, 6) is -2.56. The first-order valence-electron chi connectivity index (χ1n) is 6.28. The van der Waals surface area contributed by atoms with E-state index >= 15 is 0 Å². The molecule has 0 heterocycles. The highest BCUT2D eigenvalue weighted by atomic mass is 32.2. The van der Waals surface area contributed by atoms with E-state index in [1.165, 1.54) is 6.07 Å². The number of rotatable bonds is 4. The van der Waals surface area contributed by atoms with Crippen LogP contribution >= 0.6 is 11.8 Å². The molecule has 0 radical (unpaired) electrons. The second kappa shape index (κ2) is 7.56. The molecule has 2 aromatic carbocycles. The summed E-state index contributed by atoms with van der Waals surface area (Å²) in [6.45, 7) is 0. The molecule has 3 amide bonds. The lowest BCUT2D eigenvalue weighted by Gasteiger charge is -2.06. The number of imide groups is 1. The van der Waals surface area contributed by atoms with Crippen molar-refractivity contribution in [2.75, 3.05) is 11.1 Å². The van der Waals surface area contributed by atoms with Gasteiger partial charge < -0.3 is 5.32 Å². The zero-order valence-corrected chi connectivity index (χ0v) is 12.1. The average molecular weight is 322 g/mol. The van der Waals surface area contributed by atoms with Gasteiger partial charge in [0.05, 0.1) is 5.75 Å². The third-order valence-corrected chi connectivity index (χ3v) is 3.54. The summed E-state index contributed by atoms with van der Waals surface area (Å²) in [5, 5.41) is 4.64. The molecule has 0 aliphatic heterocycles. The van der Waals surface area contributed by atoms with Gasteiger partial charge in [-0.15, -0.1) is 11.8 Å². The van der Waals surface area contributed by atoms with Crippen molar-refractivity contribution in [3.8, 4) is 0 Å². The van der Waals surface area contributed by atoms with Crippen LogP contribution in [-0.4, -0.2) is 17.7 Å². The van der Waals surface area contributed by atoms with Gasteiger partial charge >= 0.3 is 6.03 Å². The van der Waals surface area contributed by atoms with Crippen LogP contribution in [0, 0.1) is 11.6 Å². The number of carbonyl (C=O) groups is 2. The lowest BCUT2D eigenvalue weighted by molar-refractivity contribution is -0.117. The number of thioether (sulfide) groups is 1. The Kier molecular flexibility index (Phi) is 5.48. The monoisotopic (exact) mass is 322 g/mol. The fourth-order valence-electron chi connectivity index (χ4n) is 1.56. The number of hydrogen-bond acceptors (Lipinski definition) is 3. The fraction of sp³-hybridized carbons (Fsp3) is 0.0667. The van der Waals surface area contributed by atoms with Gasteiger partial charge in [-0.3, -0.25) is 10.1 Å². The number of carbonyl (C=O) groups excluding carboxylic acids is 2. The highest BCUT2D eigenvalue weighted by Gasteiger charge is 2.09. The molecule has 0 saturated carbocycles. The quantitative estimate of drug-likeness (QED) is 0.848. The van der Waals surface area contributed by atoms with Gasteiger partial charge in [-0.1, -0.05) is 18.2 Å².